The normalized spacial score (nSPS) is 13.3. The smallest absolute Gasteiger partial charge is 0.164 e. The third-order valence-corrected chi connectivity index (χ3v) is 14.4. The molecule has 0 atom stereocenters. The molecule has 0 radical (unpaired) electrons. The zero-order valence-corrected chi connectivity index (χ0v) is 34.0. The minimum atomic E-state index is -2.27. The van der Waals surface area contributed by atoms with Crippen LogP contribution in [0.15, 0.2) is 140 Å². The van der Waals surface area contributed by atoms with Crippen LogP contribution in [-0.4, -0.2) is 28.1 Å². The van der Waals surface area contributed by atoms with Crippen molar-refractivity contribution < 1.29 is 5.11 Å². The summed E-state index contributed by atoms with van der Waals surface area (Å²) in [4.78, 5) is 18.0. The zero-order valence-electron chi connectivity index (χ0n) is 33.0. The number of hydrogen-bond donors (Lipinski definition) is 1. The van der Waals surface area contributed by atoms with Crippen LogP contribution in [0.1, 0.15) is 52.7 Å². The van der Waals surface area contributed by atoms with E-state index in [1.807, 2.05) is 24.4 Å². The molecule has 5 aromatic carbocycles. The monoisotopic (exact) mass is 736 g/mol. The number of benzene rings is 5. The predicted molar refractivity (Wildman–Crippen MR) is 232 cm³/mol. The van der Waals surface area contributed by atoms with Crippen molar-refractivity contribution in [2.75, 3.05) is 4.90 Å². The van der Waals surface area contributed by atoms with E-state index in [2.05, 4.69) is 175 Å². The molecule has 0 amide bonds. The van der Waals surface area contributed by atoms with Gasteiger partial charge in [-0.1, -0.05) is 152 Å². The maximum atomic E-state index is 12.1. The Balaban J connectivity index is 1.40. The standard InChI is InChI=1S/C49H48N4OSi/c1-48(2,3)34-30-38(45(54)39(31-34)49(4,5)6)47-51-43(46-44(52-47)37-24-13-15-26-41(37)55(46,7)8)33-21-18-22-35(29-33)53(42-27-16-17-28-50-42)40-25-14-12-23-36(40)32-19-10-9-11-20-32/h9-31,54H,1-8H3. The van der Waals surface area contributed by atoms with Crippen molar-refractivity contribution in [1.82, 2.24) is 15.0 Å². The molecule has 0 aliphatic carbocycles. The molecule has 0 saturated carbocycles. The summed E-state index contributed by atoms with van der Waals surface area (Å²) in [7, 11) is -2.27. The van der Waals surface area contributed by atoms with Crippen molar-refractivity contribution in [1.29, 1.82) is 0 Å². The van der Waals surface area contributed by atoms with Gasteiger partial charge in [-0.05, 0) is 74.3 Å². The Morgan fingerprint density at radius 2 is 1.24 bits per heavy atom. The van der Waals surface area contributed by atoms with Gasteiger partial charge in [0.15, 0.2) is 5.82 Å². The van der Waals surface area contributed by atoms with E-state index in [1.165, 1.54) is 10.4 Å². The molecule has 0 bridgehead atoms. The molecular formula is C49H48N4OSi. The second-order valence-electron chi connectivity index (χ2n) is 17.2. The highest BCUT2D eigenvalue weighted by Crippen LogP contribution is 2.44. The number of aromatic hydroxyl groups is 1. The van der Waals surface area contributed by atoms with Gasteiger partial charge in [-0.3, -0.25) is 4.90 Å². The lowest BCUT2D eigenvalue weighted by molar-refractivity contribution is 0.446. The van der Waals surface area contributed by atoms with E-state index in [0.717, 1.165) is 62.0 Å². The van der Waals surface area contributed by atoms with Crippen LogP contribution >= 0.6 is 0 Å². The number of hydrogen-bond acceptors (Lipinski definition) is 5. The molecule has 2 aromatic heterocycles. The van der Waals surface area contributed by atoms with Crippen LogP contribution in [-0.2, 0) is 10.8 Å². The SMILES string of the molecule is CC(C)(C)c1cc(-c2nc(-c3cccc(N(c4ccccn4)c4ccccc4-c4ccccc4)c3)c3c(n2)-c2ccccc2[Si]3(C)C)c(O)c(C(C)(C)C)c1. The maximum absolute atomic E-state index is 12.1. The van der Waals surface area contributed by atoms with E-state index < -0.39 is 8.07 Å². The summed E-state index contributed by atoms with van der Waals surface area (Å²) in [6.07, 6.45) is 1.84. The summed E-state index contributed by atoms with van der Waals surface area (Å²) in [5.41, 5.74) is 10.5. The van der Waals surface area contributed by atoms with E-state index >= 15 is 0 Å². The van der Waals surface area contributed by atoms with E-state index in [-0.39, 0.29) is 16.6 Å². The average Bonchev–Trinajstić information content (AvgIpc) is 3.41. The Labute approximate surface area is 326 Å². The fourth-order valence-corrected chi connectivity index (χ4v) is 11.2. The molecule has 5 nitrogen and oxygen atoms in total. The number of anilines is 3. The molecule has 0 fully saturated rings. The molecule has 55 heavy (non-hydrogen) atoms. The van der Waals surface area contributed by atoms with Crippen molar-refractivity contribution in [3.05, 3.63) is 151 Å². The molecule has 1 aliphatic rings. The fraction of sp³-hybridized carbons (Fsp3) is 0.204. The zero-order chi connectivity index (χ0) is 38.7. The average molecular weight is 737 g/mol. The summed E-state index contributed by atoms with van der Waals surface area (Å²) in [5.74, 6) is 1.59. The quantitative estimate of drug-likeness (QED) is 0.172. The summed E-state index contributed by atoms with van der Waals surface area (Å²) < 4.78 is 0. The van der Waals surface area contributed by atoms with E-state index in [1.54, 1.807) is 0 Å². The van der Waals surface area contributed by atoms with Crippen LogP contribution < -0.4 is 15.3 Å². The largest absolute Gasteiger partial charge is 0.507 e. The Bertz CT molecular complexity index is 2550. The van der Waals surface area contributed by atoms with Crippen molar-refractivity contribution in [2.24, 2.45) is 0 Å². The van der Waals surface area contributed by atoms with Gasteiger partial charge in [0.05, 0.1) is 22.6 Å². The first-order chi connectivity index (χ1) is 26.2. The summed E-state index contributed by atoms with van der Waals surface area (Å²) >= 11 is 0. The van der Waals surface area contributed by atoms with E-state index in [0.29, 0.717) is 11.4 Å². The maximum Gasteiger partial charge on any atom is 0.164 e. The Morgan fingerprint density at radius 3 is 1.95 bits per heavy atom. The highest BCUT2D eigenvalue weighted by Gasteiger charge is 2.42. The van der Waals surface area contributed by atoms with Gasteiger partial charge >= 0.3 is 0 Å². The lowest BCUT2D eigenvalue weighted by atomic mass is 9.79. The highest BCUT2D eigenvalue weighted by molar-refractivity contribution is 7.04. The van der Waals surface area contributed by atoms with Gasteiger partial charge in [-0.25, -0.2) is 15.0 Å². The number of para-hydroxylation sites is 1. The second-order valence-corrected chi connectivity index (χ2v) is 21.5. The van der Waals surface area contributed by atoms with Gasteiger partial charge < -0.3 is 5.11 Å². The van der Waals surface area contributed by atoms with Crippen LogP contribution in [0.3, 0.4) is 0 Å². The number of rotatable bonds is 6. The molecule has 8 rings (SSSR count). The summed E-state index contributed by atoms with van der Waals surface area (Å²) in [6.45, 7) is 17.9. The molecule has 6 heteroatoms. The number of phenolic OH excluding ortho intramolecular Hbond substituents is 1. The molecular weight excluding hydrogens is 689 g/mol. The van der Waals surface area contributed by atoms with Crippen LogP contribution in [0.2, 0.25) is 13.1 Å². The topological polar surface area (TPSA) is 62.1 Å². The minimum absolute atomic E-state index is 0.150. The summed E-state index contributed by atoms with van der Waals surface area (Å²) in [6, 6.07) is 46.7. The van der Waals surface area contributed by atoms with E-state index in [4.69, 9.17) is 15.0 Å². The molecule has 3 heterocycles. The third-order valence-electron chi connectivity index (χ3n) is 10.9. The molecule has 0 saturated heterocycles. The van der Waals surface area contributed by atoms with Gasteiger partial charge in [0, 0.05) is 28.6 Å². The van der Waals surface area contributed by atoms with Gasteiger partial charge in [0.1, 0.15) is 19.6 Å². The molecule has 0 unspecified atom stereocenters. The number of nitrogens with zero attached hydrogens (tertiary/aromatic N) is 4. The van der Waals surface area contributed by atoms with Crippen molar-refractivity contribution in [2.45, 2.75) is 65.5 Å². The Morgan fingerprint density at radius 1 is 0.582 bits per heavy atom. The molecule has 274 valence electrons. The Hall–Kier alpha value is -5.85. The number of fused-ring (bicyclic) bond motifs is 3. The van der Waals surface area contributed by atoms with Crippen LogP contribution in [0.5, 0.6) is 5.75 Å². The lowest BCUT2D eigenvalue weighted by Gasteiger charge is -2.28. The van der Waals surface area contributed by atoms with Crippen LogP contribution in [0.4, 0.5) is 17.2 Å². The van der Waals surface area contributed by atoms with Crippen molar-refractivity contribution in [3.63, 3.8) is 0 Å². The predicted octanol–water partition coefficient (Wildman–Crippen LogP) is 11.4. The second kappa shape index (κ2) is 13.5. The summed E-state index contributed by atoms with van der Waals surface area (Å²) in [5, 5.41) is 14.6. The molecule has 1 N–H and O–H groups in total. The molecule has 1 aliphatic heterocycles. The first kappa shape index (κ1) is 36.1. The Kier molecular flexibility index (Phi) is 8.85. The van der Waals surface area contributed by atoms with Gasteiger partial charge in [-0.15, -0.1) is 0 Å². The van der Waals surface area contributed by atoms with Gasteiger partial charge in [-0.2, -0.15) is 0 Å². The first-order valence-corrected chi connectivity index (χ1v) is 22.1. The van der Waals surface area contributed by atoms with E-state index in [9.17, 15) is 5.11 Å². The van der Waals surface area contributed by atoms with Crippen molar-refractivity contribution >= 4 is 35.6 Å². The van der Waals surface area contributed by atoms with Crippen LogP contribution in [0, 0.1) is 0 Å². The minimum Gasteiger partial charge on any atom is -0.507 e. The van der Waals surface area contributed by atoms with Crippen LogP contribution in [0.25, 0.3) is 45.0 Å². The first-order valence-electron chi connectivity index (χ1n) is 19.1. The third kappa shape index (κ3) is 6.44. The van der Waals surface area contributed by atoms with Gasteiger partial charge in [0.25, 0.3) is 0 Å². The number of pyridine rings is 1. The fourth-order valence-electron chi connectivity index (χ4n) is 7.96. The number of phenols is 1. The molecule has 0 spiro atoms. The highest BCUT2D eigenvalue weighted by atomic mass is 28.3. The van der Waals surface area contributed by atoms with Crippen molar-refractivity contribution in [3.8, 4) is 50.8 Å². The number of aromatic nitrogens is 3. The van der Waals surface area contributed by atoms with Gasteiger partial charge in [0.2, 0.25) is 0 Å². The lowest BCUT2D eigenvalue weighted by Crippen LogP contribution is -2.50. The molecule has 7 aromatic rings.